The van der Waals surface area contributed by atoms with Crippen molar-refractivity contribution in [2.75, 3.05) is 20.3 Å². The number of benzene rings is 1. The van der Waals surface area contributed by atoms with Gasteiger partial charge in [-0.25, -0.2) is 0 Å². The standard InChI is InChI=1S/C15H22N2O4/c1-19-10-4-2-9(3-5-10)6-7-17-13-14(18)12(16)11-8-20-15(13)21-11/h2-5,11-15,17-18H,6-8,16H2,1H3. The monoisotopic (exact) mass is 294 g/mol. The Balaban J connectivity index is 1.52. The lowest BCUT2D eigenvalue weighted by Gasteiger charge is -2.36. The highest BCUT2D eigenvalue weighted by Crippen LogP contribution is 2.27. The molecule has 0 aliphatic carbocycles. The Labute approximate surface area is 124 Å². The summed E-state index contributed by atoms with van der Waals surface area (Å²) in [7, 11) is 1.65. The van der Waals surface area contributed by atoms with Crippen LogP contribution in [0.15, 0.2) is 24.3 Å². The molecule has 116 valence electrons. The van der Waals surface area contributed by atoms with Gasteiger partial charge < -0.3 is 30.4 Å². The molecular formula is C15H22N2O4. The third kappa shape index (κ3) is 3.04. The van der Waals surface area contributed by atoms with E-state index in [1.807, 2.05) is 24.3 Å². The van der Waals surface area contributed by atoms with Gasteiger partial charge in [0.2, 0.25) is 0 Å². The van der Waals surface area contributed by atoms with Gasteiger partial charge in [0.1, 0.15) is 11.9 Å². The first-order valence-electron chi connectivity index (χ1n) is 7.26. The van der Waals surface area contributed by atoms with Crippen molar-refractivity contribution in [3.63, 3.8) is 0 Å². The van der Waals surface area contributed by atoms with Gasteiger partial charge in [-0.2, -0.15) is 0 Å². The van der Waals surface area contributed by atoms with Crippen LogP contribution < -0.4 is 15.8 Å². The normalized spacial score (nSPS) is 34.9. The Bertz CT molecular complexity index is 467. The van der Waals surface area contributed by atoms with Crippen molar-refractivity contribution in [2.24, 2.45) is 5.73 Å². The Kier molecular flexibility index (Phi) is 4.42. The van der Waals surface area contributed by atoms with Gasteiger partial charge in [-0.15, -0.1) is 0 Å². The summed E-state index contributed by atoms with van der Waals surface area (Å²) in [6.07, 6.45) is -0.393. The second kappa shape index (κ2) is 6.29. The van der Waals surface area contributed by atoms with Gasteiger partial charge in [-0.3, -0.25) is 0 Å². The van der Waals surface area contributed by atoms with E-state index < -0.39 is 18.4 Å². The smallest absolute Gasteiger partial charge is 0.176 e. The minimum Gasteiger partial charge on any atom is -0.497 e. The molecule has 6 nitrogen and oxygen atoms in total. The predicted molar refractivity (Wildman–Crippen MR) is 77.1 cm³/mol. The van der Waals surface area contributed by atoms with Crippen LogP contribution in [0.5, 0.6) is 5.75 Å². The Morgan fingerprint density at radius 2 is 2.14 bits per heavy atom. The van der Waals surface area contributed by atoms with Gasteiger partial charge in [0, 0.05) is 0 Å². The van der Waals surface area contributed by atoms with E-state index in [9.17, 15) is 5.11 Å². The van der Waals surface area contributed by atoms with Gasteiger partial charge in [0.25, 0.3) is 0 Å². The van der Waals surface area contributed by atoms with Gasteiger partial charge in [0.15, 0.2) is 6.29 Å². The van der Waals surface area contributed by atoms with E-state index in [-0.39, 0.29) is 12.1 Å². The van der Waals surface area contributed by atoms with E-state index in [0.29, 0.717) is 13.2 Å². The molecule has 2 aliphatic rings. The maximum Gasteiger partial charge on any atom is 0.176 e. The molecule has 1 aromatic rings. The molecule has 2 bridgehead atoms. The molecule has 2 heterocycles. The Morgan fingerprint density at radius 3 is 2.86 bits per heavy atom. The molecule has 2 aliphatic heterocycles. The SMILES string of the molecule is COc1ccc(CCNC2C3OCC(O3)C(N)C2O)cc1. The maximum absolute atomic E-state index is 10.2. The average molecular weight is 294 g/mol. The van der Waals surface area contributed by atoms with Crippen LogP contribution in [0.25, 0.3) is 0 Å². The van der Waals surface area contributed by atoms with Gasteiger partial charge >= 0.3 is 0 Å². The highest BCUT2D eigenvalue weighted by Gasteiger charge is 2.48. The van der Waals surface area contributed by atoms with Crippen LogP contribution in [-0.4, -0.2) is 55.9 Å². The summed E-state index contributed by atoms with van der Waals surface area (Å²) in [6.45, 7) is 1.17. The number of aliphatic hydroxyl groups excluding tert-OH is 1. The lowest BCUT2D eigenvalue weighted by molar-refractivity contribution is -0.147. The number of hydrogen-bond donors (Lipinski definition) is 3. The second-order valence-electron chi connectivity index (χ2n) is 5.52. The van der Waals surface area contributed by atoms with E-state index >= 15 is 0 Å². The number of methoxy groups -OCH3 is 1. The number of nitrogens with two attached hydrogens (primary N) is 1. The minimum absolute atomic E-state index is 0.190. The fourth-order valence-corrected chi connectivity index (χ4v) is 2.84. The van der Waals surface area contributed by atoms with Crippen molar-refractivity contribution in [3.8, 4) is 5.75 Å². The summed E-state index contributed by atoms with van der Waals surface area (Å²) in [5.74, 6) is 0.846. The van der Waals surface area contributed by atoms with E-state index in [4.69, 9.17) is 19.9 Å². The molecule has 6 heteroatoms. The molecule has 5 unspecified atom stereocenters. The van der Waals surface area contributed by atoms with Crippen LogP contribution in [-0.2, 0) is 15.9 Å². The largest absolute Gasteiger partial charge is 0.497 e. The highest BCUT2D eigenvalue weighted by atomic mass is 16.7. The van der Waals surface area contributed by atoms with Crippen molar-refractivity contribution in [2.45, 2.75) is 37.0 Å². The number of aliphatic hydroxyl groups is 1. The molecule has 0 spiro atoms. The first-order chi connectivity index (χ1) is 10.2. The summed E-state index contributed by atoms with van der Waals surface area (Å²) < 4.78 is 16.3. The lowest BCUT2D eigenvalue weighted by atomic mass is 9.97. The third-order valence-electron chi connectivity index (χ3n) is 4.17. The van der Waals surface area contributed by atoms with E-state index in [2.05, 4.69) is 5.32 Å². The topological polar surface area (TPSA) is 86.0 Å². The van der Waals surface area contributed by atoms with Crippen LogP contribution >= 0.6 is 0 Å². The van der Waals surface area contributed by atoms with Crippen LogP contribution in [0.4, 0.5) is 0 Å². The third-order valence-corrected chi connectivity index (χ3v) is 4.17. The number of rotatable bonds is 5. The Morgan fingerprint density at radius 1 is 1.38 bits per heavy atom. The molecule has 0 radical (unpaired) electrons. The molecule has 2 fully saturated rings. The molecule has 2 saturated heterocycles. The zero-order valence-electron chi connectivity index (χ0n) is 12.1. The van der Waals surface area contributed by atoms with Gasteiger partial charge in [-0.05, 0) is 30.7 Å². The average Bonchev–Trinajstić information content (AvgIpc) is 2.96. The summed E-state index contributed by atoms with van der Waals surface area (Å²) in [4.78, 5) is 0. The zero-order chi connectivity index (χ0) is 14.8. The molecule has 0 saturated carbocycles. The van der Waals surface area contributed by atoms with Crippen LogP contribution in [0.2, 0.25) is 0 Å². The Hall–Kier alpha value is -1.18. The van der Waals surface area contributed by atoms with Gasteiger partial charge in [-0.1, -0.05) is 12.1 Å². The summed E-state index contributed by atoms with van der Waals surface area (Å²) in [6, 6.07) is 7.26. The first-order valence-corrected chi connectivity index (χ1v) is 7.26. The molecule has 0 aromatic heterocycles. The molecule has 21 heavy (non-hydrogen) atoms. The summed E-state index contributed by atoms with van der Waals surface area (Å²) in [5, 5.41) is 13.5. The van der Waals surface area contributed by atoms with Crippen molar-refractivity contribution < 1.29 is 19.3 Å². The van der Waals surface area contributed by atoms with Crippen LogP contribution in [0.3, 0.4) is 0 Å². The molecular weight excluding hydrogens is 272 g/mol. The molecule has 5 atom stereocenters. The highest BCUT2D eigenvalue weighted by molar-refractivity contribution is 5.27. The lowest BCUT2D eigenvalue weighted by Crippen LogP contribution is -2.62. The number of fused-ring (bicyclic) bond motifs is 2. The number of ether oxygens (including phenoxy) is 3. The minimum atomic E-state index is -0.646. The summed E-state index contributed by atoms with van der Waals surface area (Å²) in [5.41, 5.74) is 7.15. The van der Waals surface area contributed by atoms with Crippen LogP contribution in [0, 0.1) is 0 Å². The number of hydrogen-bond acceptors (Lipinski definition) is 6. The van der Waals surface area contributed by atoms with Crippen LogP contribution in [0.1, 0.15) is 5.56 Å². The summed E-state index contributed by atoms with van der Waals surface area (Å²) >= 11 is 0. The van der Waals surface area contributed by atoms with E-state index in [1.165, 1.54) is 5.56 Å². The van der Waals surface area contributed by atoms with Crippen molar-refractivity contribution >= 4 is 0 Å². The fraction of sp³-hybridized carbons (Fsp3) is 0.600. The molecule has 1 aromatic carbocycles. The first kappa shape index (κ1) is 14.7. The maximum atomic E-state index is 10.2. The van der Waals surface area contributed by atoms with Gasteiger partial charge in [0.05, 0.1) is 31.9 Å². The molecule has 4 N–H and O–H groups in total. The number of nitrogens with one attached hydrogen (secondary N) is 1. The zero-order valence-corrected chi connectivity index (χ0v) is 12.1. The molecule has 0 amide bonds. The van der Waals surface area contributed by atoms with Crippen molar-refractivity contribution in [1.29, 1.82) is 0 Å². The van der Waals surface area contributed by atoms with Crippen molar-refractivity contribution in [3.05, 3.63) is 29.8 Å². The van der Waals surface area contributed by atoms with E-state index in [0.717, 1.165) is 12.2 Å². The second-order valence-corrected chi connectivity index (χ2v) is 5.52. The quantitative estimate of drug-likeness (QED) is 0.687. The predicted octanol–water partition coefficient (Wildman–Crippen LogP) is -0.361. The molecule has 3 rings (SSSR count). The van der Waals surface area contributed by atoms with E-state index in [1.54, 1.807) is 7.11 Å². The van der Waals surface area contributed by atoms with Crippen molar-refractivity contribution in [1.82, 2.24) is 5.32 Å². The fourth-order valence-electron chi connectivity index (χ4n) is 2.84.